The standard InChI is InChI=1S/C18H24N4OS/c1-12-7-9-14(10-8-12)17-20-18(22-21-17)24-11-16(23)19-15-6-4-3-5-13(15)2/h7-10,13,15H,3-6,11H2,1-2H3,(H,19,23)(H,20,21,22)/t13-,15+/m0/s1. The van der Waals surface area contributed by atoms with Crippen LogP contribution in [0.4, 0.5) is 0 Å². The van der Waals surface area contributed by atoms with Crippen molar-refractivity contribution < 1.29 is 4.79 Å². The monoisotopic (exact) mass is 344 g/mol. The summed E-state index contributed by atoms with van der Waals surface area (Å²) in [7, 11) is 0. The summed E-state index contributed by atoms with van der Waals surface area (Å²) in [5.41, 5.74) is 2.21. The lowest BCUT2D eigenvalue weighted by molar-refractivity contribution is -0.119. The van der Waals surface area contributed by atoms with E-state index in [-0.39, 0.29) is 5.91 Å². The second-order valence-corrected chi connectivity index (χ2v) is 7.50. The highest BCUT2D eigenvalue weighted by atomic mass is 32.2. The Morgan fingerprint density at radius 2 is 2.04 bits per heavy atom. The number of hydrogen-bond acceptors (Lipinski definition) is 4. The molecule has 1 aliphatic rings. The minimum absolute atomic E-state index is 0.0698. The molecule has 3 rings (SSSR count). The molecule has 0 spiro atoms. The van der Waals surface area contributed by atoms with Crippen LogP contribution in [0.3, 0.4) is 0 Å². The number of hydrogen-bond donors (Lipinski definition) is 2. The first kappa shape index (κ1) is 17.0. The molecule has 5 nitrogen and oxygen atoms in total. The van der Waals surface area contributed by atoms with Crippen LogP contribution in [-0.4, -0.2) is 32.9 Å². The number of nitrogens with one attached hydrogen (secondary N) is 2. The number of carbonyl (C=O) groups excluding carboxylic acids is 1. The maximum absolute atomic E-state index is 12.1. The first-order chi connectivity index (χ1) is 11.6. The Labute approximate surface area is 147 Å². The van der Waals surface area contributed by atoms with E-state index in [1.165, 1.54) is 36.6 Å². The molecule has 1 aliphatic carbocycles. The molecule has 128 valence electrons. The molecule has 6 heteroatoms. The van der Waals surface area contributed by atoms with Crippen molar-refractivity contribution in [3.8, 4) is 11.4 Å². The maximum Gasteiger partial charge on any atom is 0.230 e. The molecule has 0 bridgehead atoms. The van der Waals surface area contributed by atoms with E-state index in [1.54, 1.807) is 0 Å². The van der Waals surface area contributed by atoms with Gasteiger partial charge in [-0.3, -0.25) is 9.89 Å². The Hall–Kier alpha value is -1.82. The second-order valence-electron chi connectivity index (χ2n) is 6.56. The molecule has 1 saturated carbocycles. The van der Waals surface area contributed by atoms with Gasteiger partial charge >= 0.3 is 0 Å². The summed E-state index contributed by atoms with van der Waals surface area (Å²) >= 11 is 1.37. The number of rotatable bonds is 5. The Balaban J connectivity index is 1.51. The van der Waals surface area contributed by atoms with Crippen LogP contribution in [0.5, 0.6) is 0 Å². The Bertz CT molecular complexity index is 683. The third-order valence-corrected chi connectivity index (χ3v) is 5.43. The smallest absolute Gasteiger partial charge is 0.230 e. The van der Waals surface area contributed by atoms with Crippen LogP contribution in [0, 0.1) is 12.8 Å². The number of amides is 1. The van der Waals surface area contributed by atoms with Gasteiger partial charge in [0.05, 0.1) is 5.75 Å². The van der Waals surface area contributed by atoms with E-state index in [0.29, 0.717) is 22.9 Å². The number of carbonyl (C=O) groups is 1. The number of aromatic amines is 1. The van der Waals surface area contributed by atoms with Gasteiger partial charge in [0.2, 0.25) is 11.1 Å². The summed E-state index contributed by atoms with van der Waals surface area (Å²) in [5.74, 6) is 1.73. The molecule has 1 amide bonds. The number of H-pyrrole nitrogens is 1. The molecule has 0 unspecified atom stereocenters. The largest absolute Gasteiger partial charge is 0.352 e. The number of aryl methyl sites for hydroxylation is 1. The normalized spacial score (nSPS) is 20.8. The molecule has 1 aromatic carbocycles. The van der Waals surface area contributed by atoms with Crippen molar-refractivity contribution >= 4 is 17.7 Å². The summed E-state index contributed by atoms with van der Waals surface area (Å²) in [4.78, 5) is 16.6. The van der Waals surface area contributed by atoms with Gasteiger partial charge in [-0.05, 0) is 25.7 Å². The van der Waals surface area contributed by atoms with Crippen molar-refractivity contribution in [1.82, 2.24) is 20.5 Å². The highest BCUT2D eigenvalue weighted by Crippen LogP contribution is 2.24. The fraction of sp³-hybridized carbons (Fsp3) is 0.500. The van der Waals surface area contributed by atoms with E-state index < -0.39 is 0 Å². The van der Waals surface area contributed by atoms with Crippen molar-refractivity contribution in [1.29, 1.82) is 0 Å². The molecule has 1 heterocycles. The fourth-order valence-corrected chi connectivity index (χ4v) is 3.67. The molecule has 24 heavy (non-hydrogen) atoms. The van der Waals surface area contributed by atoms with E-state index in [4.69, 9.17) is 0 Å². The van der Waals surface area contributed by atoms with Gasteiger partial charge in [-0.1, -0.05) is 61.4 Å². The quantitative estimate of drug-likeness (QED) is 0.814. The molecule has 1 aromatic heterocycles. The predicted molar refractivity (Wildman–Crippen MR) is 96.8 cm³/mol. The van der Waals surface area contributed by atoms with Gasteiger partial charge in [0.1, 0.15) is 0 Å². The molecular formula is C18H24N4OS. The van der Waals surface area contributed by atoms with Gasteiger partial charge in [-0.15, -0.1) is 5.10 Å². The van der Waals surface area contributed by atoms with Crippen molar-refractivity contribution in [3.05, 3.63) is 29.8 Å². The van der Waals surface area contributed by atoms with Gasteiger partial charge in [-0.2, -0.15) is 0 Å². The highest BCUT2D eigenvalue weighted by molar-refractivity contribution is 7.99. The maximum atomic E-state index is 12.1. The fourth-order valence-electron chi connectivity index (χ4n) is 3.06. The van der Waals surface area contributed by atoms with Crippen LogP contribution >= 0.6 is 11.8 Å². The zero-order valence-electron chi connectivity index (χ0n) is 14.2. The highest BCUT2D eigenvalue weighted by Gasteiger charge is 2.22. The van der Waals surface area contributed by atoms with E-state index in [1.807, 2.05) is 24.3 Å². The lowest BCUT2D eigenvalue weighted by Crippen LogP contribution is -2.41. The summed E-state index contributed by atoms with van der Waals surface area (Å²) in [6, 6.07) is 8.44. The summed E-state index contributed by atoms with van der Waals surface area (Å²) in [5, 5.41) is 10.9. The summed E-state index contributed by atoms with van der Waals surface area (Å²) < 4.78 is 0. The van der Waals surface area contributed by atoms with Gasteiger partial charge in [0.15, 0.2) is 5.82 Å². The first-order valence-corrected chi connectivity index (χ1v) is 9.52. The van der Waals surface area contributed by atoms with E-state index in [9.17, 15) is 4.79 Å². The summed E-state index contributed by atoms with van der Waals surface area (Å²) in [6.45, 7) is 4.28. The molecular weight excluding hydrogens is 320 g/mol. The lowest BCUT2D eigenvalue weighted by Gasteiger charge is -2.29. The topological polar surface area (TPSA) is 70.7 Å². The molecule has 2 N–H and O–H groups in total. The lowest BCUT2D eigenvalue weighted by atomic mass is 9.86. The Morgan fingerprint density at radius 3 is 2.79 bits per heavy atom. The number of benzene rings is 1. The zero-order valence-corrected chi connectivity index (χ0v) is 15.0. The van der Waals surface area contributed by atoms with Crippen LogP contribution in [0.1, 0.15) is 38.2 Å². The van der Waals surface area contributed by atoms with Crippen molar-refractivity contribution in [3.63, 3.8) is 0 Å². The molecule has 0 saturated heterocycles. The second kappa shape index (κ2) is 7.83. The first-order valence-electron chi connectivity index (χ1n) is 8.53. The van der Waals surface area contributed by atoms with E-state index in [2.05, 4.69) is 34.3 Å². The number of thioether (sulfide) groups is 1. The van der Waals surface area contributed by atoms with Gasteiger partial charge < -0.3 is 5.32 Å². The van der Waals surface area contributed by atoms with Gasteiger partial charge in [-0.25, -0.2) is 4.98 Å². The third kappa shape index (κ3) is 4.38. The van der Waals surface area contributed by atoms with Gasteiger partial charge in [0.25, 0.3) is 0 Å². The molecule has 2 aromatic rings. The molecule has 1 fully saturated rings. The van der Waals surface area contributed by atoms with Crippen LogP contribution in [0.2, 0.25) is 0 Å². The van der Waals surface area contributed by atoms with E-state index in [0.717, 1.165) is 17.8 Å². The van der Waals surface area contributed by atoms with E-state index >= 15 is 0 Å². The van der Waals surface area contributed by atoms with Crippen LogP contribution in [0.15, 0.2) is 29.4 Å². The molecule has 0 radical (unpaired) electrons. The summed E-state index contributed by atoms with van der Waals surface area (Å²) in [6.07, 6.45) is 4.79. The minimum atomic E-state index is 0.0698. The molecule has 2 atom stereocenters. The Morgan fingerprint density at radius 1 is 1.29 bits per heavy atom. The van der Waals surface area contributed by atoms with Crippen molar-refractivity contribution in [2.75, 3.05) is 5.75 Å². The number of nitrogens with zero attached hydrogens (tertiary/aromatic N) is 2. The average molecular weight is 344 g/mol. The average Bonchev–Trinajstić information content (AvgIpc) is 3.05. The van der Waals surface area contributed by atoms with Gasteiger partial charge in [0, 0.05) is 11.6 Å². The minimum Gasteiger partial charge on any atom is -0.352 e. The Kier molecular flexibility index (Phi) is 5.56. The third-order valence-electron chi connectivity index (χ3n) is 4.58. The van der Waals surface area contributed by atoms with Crippen molar-refractivity contribution in [2.45, 2.75) is 50.7 Å². The SMILES string of the molecule is Cc1ccc(-c2nc(SCC(=O)N[C@@H]3CCCC[C@@H]3C)n[nH]2)cc1. The van der Waals surface area contributed by atoms with Crippen LogP contribution in [-0.2, 0) is 4.79 Å². The van der Waals surface area contributed by atoms with Crippen molar-refractivity contribution in [2.24, 2.45) is 5.92 Å². The zero-order chi connectivity index (χ0) is 16.9. The molecule has 0 aliphatic heterocycles. The number of aromatic nitrogens is 3. The predicted octanol–water partition coefficient (Wildman–Crippen LogP) is 3.57. The van der Waals surface area contributed by atoms with Crippen LogP contribution < -0.4 is 5.32 Å². The van der Waals surface area contributed by atoms with Crippen LogP contribution in [0.25, 0.3) is 11.4 Å².